The molecule has 2 rings (SSSR count). The molecule has 1 aromatic carbocycles. The fourth-order valence-electron chi connectivity index (χ4n) is 1.65. The SMILES string of the molecule is Cc1cccc(CNCc2ccc(O)cc2)n1. The molecule has 2 aromatic rings. The molecule has 0 atom stereocenters. The monoisotopic (exact) mass is 228 g/mol. The summed E-state index contributed by atoms with van der Waals surface area (Å²) in [5.41, 5.74) is 3.23. The molecule has 0 bridgehead atoms. The number of nitrogens with zero attached hydrogens (tertiary/aromatic N) is 1. The average Bonchev–Trinajstić information content (AvgIpc) is 2.32. The lowest BCUT2D eigenvalue weighted by Crippen LogP contribution is -2.13. The van der Waals surface area contributed by atoms with Gasteiger partial charge in [0.25, 0.3) is 0 Å². The van der Waals surface area contributed by atoms with E-state index in [4.69, 9.17) is 5.11 Å². The third kappa shape index (κ3) is 3.57. The first-order valence-electron chi connectivity index (χ1n) is 5.65. The lowest BCUT2D eigenvalue weighted by molar-refractivity contribution is 0.475. The minimum absolute atomic E-state index is 0.300. The largest absolute Gasteiger partial charge is 0.508 e. The standard InChI is InChI=1S/C14H16N2O/c1-11-3-2-4-13(16-11)10-15-9-12-5-7-14(17)8-6-12/h2-8,15,17H,9-10H2,1H3. The molecule has 2 N–H and O–H groups in total. The summed E-state index contributed by atoms with van der Waals surface area (Å²) >= 11 is 0. The molecule has 1 aromatic heterocycles. The van der Waals surface area contributed by atoms with Crippen LogP contribution < -0.4 is 5.32 Å². The molecule has 0 radical (unpaired) electrons. The number of aromatic nitrogens is 1. The molecular formula is C14H16N2O. The van der Waals surface area contributed by atoms with Crippen LogP contribution in [0.25, 0.3) is 0 Å². The van der Waals surface area contributed by atoms with Crippen molar-refractivity contribution >= 4 is 0 Å². The van der Waals surface area contributed by atoms with E-state index in [9.17, 15) is 0 Å². The summed E-state index contributed by atoms with van der Waals surface area (Å²) in [5.74, 6) is 0.300. The highest BCUT2D eigenvalue weighted by Crippen LogP contribution is 2.09. The zero-order chi connectivity index (χ0) is 12.1. The van der Waals surface area contributed by atoms with Gasteiger partial charge in [-0.25, -0.2) is 0 Å². The van der Waals surface area contributed by atoms with Gasteiger partial charge in [-0.15, -0.1) is 0 Å². The Morgan fingerprint density at radius 2 is 1.82 bits per heavy atom. The van der Waals surface area contributed by atoms with Crippen molar-refractivity contribution in [2.75, 3.05) is 0 Å². The van der Waals surface area contributed by atoms with Crippen LogP contribution >= 0.6 is 0 Å². The number of aromatic hydroxyl groups is 1. The number of nitrogens with one attached hydrogen (secondary N) is 1. The lowest BCUT2D eigenvalue weighted by Gasteiger charge is -2.05. The second-order valence-corrected chi connectivity index (χ2v) is 4.04. The molecule has 1 heterocycles. The molecule has 0 aliphatic rings. The van der Waals surface area contributed by atoms with Gasteiger partial charge in [-0.1, -0.05) is 18.2 Å². The third-order valence-electron chi connectivity index (χ3n) is 2.52. The van der Waals surface area contributed by atoms with Crippen LogP contribution in [0.3, 0.4) is 0 Å². The highest BCUT2D eigenvalue weighted by Gasteiger charge is 1.96. The van der Waals surface area contributed by atoms with Crippen LogP contribution in [-0.4, -0.2) is 10.1 Å². The predicted molar refractivity (Wildman–Crippen MR) is 67.6 cm³/mol. The minimum Gasteiger partial charge on any atom is -0.508 e. The molecule has 3 nitrogen and oxygen atoms in total. The molecule has 0 saturated carbocycles. The Morgan fingerprint density at radius 1 is 1.06 bits per heavy atom. The Kier molecular flexibility index (Phi) is 3.73. The van der Waals surface area contributed by atoms with Crippen molar-refractivity contribution in [3.8, 4) is 5.75 Å². The van der Waals surface area contributed by atoms with E-state index in [0.29, 0.717) is 5.75 Å². The topological polar surface area (TPSA) is 45.1 Å². The van der Waals surface area contributed by atoms with Crippen molar-refractivity contribution < 1.29 is 5.11 Å². The van der Waals surface area contributed by atoms with Crippen molar-refractivity contribution in [1.82, 2.24) is 10.3 Å². The quantitative estimate of drug-likeness (QED) is 0.844. The van der Waals surface area contributed by atoms with Gasteiger partial charge in [0, 0.05) is 18.8 Å². The van der Waals surface area contributed by atoms with Crippen molar-refractivity contribution in [3.05, 3.63) is 59.4 Å². The molecule has 0 aliphatic heterocycles. The fourth-order valence-corrected chi connectivity index (χ4v) is 1.65. The van der Waals surface area contributed by atoms with E-state index < -0.39 is 0 Å². The molecule has 3 heteroatoms. The van der Waals surface area contributed by atoms with Gasteiger partial charge in [-0.05, 0) is 36.8 Å². The molecule has 0 saturated heterocycles. The summed E-state index contributed by atoms with van der Waals surface area (Å²) in [6.45, 7) is 3.52. The smallest absolute Gasteiger partial charge is 0.115 e. The molecule has 17 heavy (non-hydrogen) atoms. The van der Waals surface area contributed by atoms with Crippen molar-refractivity contribution in [2.24, 2.45) is 0 Å². The summed E-state index contributed by atoms with van der Waals surface area (Å²) in [5, 5.41) is 12.5. The van der Waals surface area contributed by atoms with Gasteiger partial charge in [0.2, 0.25) is 0 Å². The van der Waals surface area contributed by atoms with Crippen LogP contribution in [0.1, 0.15) is 17.0 Å². The Morgan fingerprint density at radius 3 is 2.53 bits per heavy atom. The maximum absolute atomic E-state index is 9.16. The van der Waals surface area contributed by atoms with E-state index in [1.54, 1.807) is 12.1 Å². The normalized spacial score (nSPS) is 10.4. The van der Waals surface area contributed by atoms with E-state index in [0.717, 1.165) is 30.0 Å². The van der Waals surface area contributed by atoms with E-state index in [1.165, 1.54) is 0 Å². The average molecular weight is 228 g/mol. The first kappa shape index (κ1) is 11.6. The first-order chi connectivity index (χ1) is 8.24. The summed E-state index contributed by atoms with van der Waals surface area (Å²) in [6.07, 6.45) is 0. The Balaban J connectivity index is 1.85. The highest BCUT2D eigenvalue weighted by molar-refractivity contribution is 5.25. The lowest BCUT2D eigenvalue weighted by atomic mass is 10.2. The van der Waals surface area contributed by atoms with Gasteiger partial charge in [-0.3, -0.25) is 4.98 Å². The number of benzene rings is 1. The number of hydrogen-bond donors (Lipinski definition) is 2. The van der Waals surface area contributed by atoms with Gasteiger partial charge in [0.05, 0.1) is 5.69 Å². The van der Waals surface area contributed by atoms with Crippen LogP contribution in [0.15, 0.2) is 42.5 Å². The van der Waals surface area contributed by atoms with Gasteiger partial charge in [0.1, 0.15) is 5.75 Å². The summed E-state index contributed by atoms with van der Waals surface area (Å²) < 4.78 is 0. The Hall–Kier alpha value is -1.87. The Labute approximate surface area is 101 Å². The molecule has 0 unspecified atom stereocenters. The van der Waals surface area contributed by atoms with Gasteiger partial charge < -0.3 is 10.4 Å². The van der Waals surface area contributed by atoms with Crippen molar-refractivity contribution in [1.29, 1.82) is 0 Å². The van der Waals surface area contributed by atoms with Gasteiger partial charge >= 0.3 is 0 Å². The second kappa shape index (κ2) is 5.46. The summed E-state index contributed by atoms with van der Waals surface area (Å²) in [4.78, 5) is 4.42. The van der Waals surface area contributed by atoms with Crippen molar-refractivity contribution in [2.45, 2.75) is 20.0 Å². The molecular weight excluding hydrogens is 212 g/mol. The molecule has 0 aliphatic carbocycles. The second-order valence-electron chi connectivity index (χ2n) is 4.04. The van der Waals surface area contributed by atoms with Crippen molar-refractivity contribution in [3.63, 3.8) is 0 Å². The van der Waals surface area contributed by atoms with Crippen LogP contribution in [0.5, 0.6) is 5.75 Å². The first-order valence-corrected chi connectivity index (χ1v) is 5.65. The number of phenols is 1. The van der Waals surface area contributed by atoms with E-state index in [2.05, 4.69) is 10.3 Å². The van der Waals surface area contributed by atoms with E-state index in [1.807, 2.05) is 37.3 Å². The molecule has 0 fully saturated rings. The van der Waals surface area contributed by atoms with Gasteiger partial charge in [0.15, 0.2) is 0 Å². The molecule has 88 valence electrons. The van der Waals surface area contributed by atoms with Crippen LogP contribution in [-0.2, 0) is 13.1 Å². The summed E-state index contributed by atoms with van der Waals surface area (Å²) in [7, 11) is 0. The zero-order valence-electron chi connectivity index (χ0n) is 9.85. The fraction of sp³-hybridized carbons (Fsp3) is 0.214. The predicted octanol–water partition coefficient (Wildman–Crippen LogP) is 2.39. The highest BCUT2D eigenvalue weighted by atomic mass is 16.3. The molecule has 0 amide bonds. The van der Waals surface area contributed by atoms with E-state index >= 15 is 0 Å². The maximum Gasteiger partial charge on any atom is 0.115 e. The van der Waals surface area contributed by atoms with Crippen LogP contribution in [0.2, 0.25) is 0 Å². The maximum atomic E-state index is 9.16. The van der Waals surface area contributed by atoms with E-state index in [-0.39, 0.29) is 0 Å². The summed E-state index contributed by atoms with van der Waals surface area (Å²) in [6, 6.07) is 13.2. The third-order valence-corrected chi connectivity index (χ3v) is 2.52. The number of pyridine rings is 1. The van der Waals surface area contributed by atoms with Crippen LogP contribution in [0, 0.1) is 6.92 Å². The Bertz CT molecular complexity index is 480. The number of phenolic OH excluding ortho intramolecular Hbond substituents is 1. The zero-order valence-corrected chi connectivity index (χ0v) is 9.85. The van der Waals surface area contributed by atoms with Gasteiger partial charge in [-0.2, -0.15) is 0 Å². The number of rotatable bonds is 4. The minimum atomic E-state index is 0.300. The number of hydrogen-bond acceptors (Lipinski definition) is 3. The number of aryl methyl sites for hydroxylation is 1. The molecule has 0 spiro atoms. The van der Waals surface area contributed by atoms with Crippen LogP contribution in [0.4, 0.5) is 0 Å².